The molecule has 0 amide bonds. The van der Waals surface area contributed by atoms with E-state index < -0.39 is 0 Å². The summed E-state index contributed by atoms with van der Waals surface area (Å²) in [5.74, 6) is 1.99. The molecular weight excluding hydrogens is 254 g/mol. The van der Waals surface area contributed by atoms with E-state index in [0.29, 0.717) is 11.6 Å². The van der Waals surface area contributed by atoms with Crippen LogP contribution in [0.5, 0.6) is 0 Å². The van der Waals surface area contributed by atoms with Crippen LogP contribution in [0, 0.1) is 0 Å². The van der Waals surface area contributed by atoms with Gasteiger partial charge in [-0.25, -0.2) is 0 Å². The van der Waals surface area contributed by atoms with Crippen molar-refractivity contribution >= 4 is 11.8 Å². The maximum absolute atomic E-state index is 5.03. The predicted molar refractivity (Wildman–Crippen MR) is 62.6 cm³/mol. The third-order valence-electron chi connectivity index (χ3n) is 2.35. The molecule has 92 valence electrons. The third kappa shape index (κ3) is 2.02. The van der Waals surface area contributed by atoms with Crippen LogP contribution in [0.2, 0.25) is 0 Å². The van der Waals surface area contributed by atoms with E-state index in [9.17, 15) is 0 Å². The van der Waals surface area contributed by atoms with Gasteiger partial charge < -0.3 is 13.5 Å². The number of nitrogens with zero attached hydrogens (tertiary/aromatic N) is 5. The molecule has 0 unspecified atom stereocenters. The molecule has 0 aromatic carbocycles. The van der Waals surface area contributed by atoms with Crippen LogP contribution in [0.4, 0.5) is 0 Å². The Morgan fingerprint density at radius 2 is 2.33 bits per heavy atom. The number of hydrogen-bond donors (Lipinski definition) is 0. The van der Waals surface area contributed by atoms with Crippen LogP contribution in [-0.4, -0.2) is 24.9 Å². The summed E-state index contributed by atoms with van der Waals surface area (Å²) in [5.41, 5.74) is 0.899. The smallest absolute Gasteiger partial charge is 0.213 e. The van der Waals surface area contributed by atoms with Crippen LogP contribution in [0.15, 0.2) is 39.1 Å². The second-order valence-electron chi connectivity index (χ2n) is 3.51. The highest BCUT2D eigenvalue weighted by molar-refractivity contribution is 7.98. The van der Waals surface area contributed by atoms with Crippen LogP contribution in [-0.2, 0) is 12.8 Å². The number of furan rings is 1. The molecule has 3 aromatic rings. The van der Waals surface area contributed by atoms with Crippen LogP contribution in [0.1, 0.15) is 5.82 Å². The fraction of sp³-hybridized carbons (Fsp3) is 0.200. The normalized spacial score (nSPS) is 10.9. The first-order valence-corrected chi connectivity index (χ1v) is 6.13. The molecule has 0 saturated heterocycles. The molecule has 0 N–H and O–H groups in total. The van der Waals surface area contributed by atoms with Gasteiger partial charge in [-0.1, -0.05) is 16.9 Å². The fourth-order valence-electron chi connectivity index (χ4n) is 1.47. The molecule has 3 aromatic heterocycles. The largest absolute Gasteiger partial charge is 0.472 e. The second-order valence-corrected chi connectivity index (χ2v) is 4.46. The van der Waals surface area contributed by atoms with Gasteiger partial charge in [0.05, 0.1) is 17.6 Å². The van der Waals surface area contributed by atoms with E-state index in [2.05, 4.69) is 24.9 Å². The molecule has 3 heterocycles. The summed E-state index contributed by atoms with van der Waals surface area (Å²) in [6, 6.07) is 1.84. The van der Waals surface area contributed by atoms with Crippen molar-refractivity contribution in [2.24, 2.45) is 7.05 Å². The van der Waals surface area contributed by atoms with Gasteiger partial charge in [0.25, 0.3) is 0 Å². The Labute approximate surface area is 106 Å². The van der Waals surface area contributed by atoms with Crippen molar-refractivity contribution in [3.8, 4) is 11.4 Å². The van der Waals surface area contributed by atoms with E-state index in [1.807, 2.05) is 17.7 Å². The summed E-state index contributed by atoms with van der Waals surface area (Å²) in [7, 11) is 1.90. The van der Waals surface area contributed by atoms with Crippen molar-refractivity contribution in [1.29, 1.82) is 0 Å². The maximum Gasteiger partial charge on any atom is 0.213 e. The molecule has 0 aliphatic rings. The second kappa shape index (κ2) is 4.65. The highest BCUT2D eigenvalue weighted by Crippen LogP contribution is 2.24. The zero-order valence-electron chi connectivity index (χ0n) is 9.48. The Morgan fingerprint density at radius 1 is 1.39 bits per heavy atom. The SMILES string of the molecule is Cn1c(SCc2ncon2)nnc1-c1ccoc1. The highest BCUT2D eigenvalue weighted by Gasteiger charge is 2.12. The lowest BCUT2D eigenvalue weighted by Crippen LogP contribution is -1.94. The summed E-state index contributed by atoms with van der Waals surface area (Å²) in [4.78, 5) is 3.95. The molecule has 18 heavy (non-hydrogen) atoms. The van der Waals surface area contributed by atoms with Crippen LogP contribution in [0.25, 0.3) is 11.4 Å². The molecule has 0 atom stereocenters. The summed E-state index contributed by atoms with van der Waals surface area (Å²) in [6.07, 6.45) is 4.55. The minimum Gasteiger partial charge on any atom is -0.472 e. The molecule has 0 saturated carbocycles. The van der Waals surface area contributed by atoms with Gasteiger partial charge in [0, 0.05) is 7.05 Å². The highest BCUT2D eigenvalue weighted by atomic mass is 32.2. The molecular formula is C10H9N5O2S. The summed E-state index contributed by atoms with van der Waals surface area (Å²) >= 11 is 1.50. The van der Waals surface area contributed by atoms with Crippen molar-refractivity contribution in [2.75, 3.05) is 0 Å². The van der Waals surface area contributed by atoms with Gasteiger partial charge in [-0.05, 0) is 6.07 Å². The molecule has 0 aliphatic heterocycles. The maximum atomic E-state index is 5.03. The van der Waals surface area contributed by atoms with Crippen molar-refractivity contribution in [2.45, 2.75) is 10.9 Å². The first kappa shape index (κ1) is 11.0. The van der Waals surface area contributed by atoms with Crippen molar-refractivity contribution in [3.05, 3.63) is 30.8 Å². The van der Waals surface area contributed by atoms with E-state index in [0.717, 1.165) is 16.5 Å². The van der Waals surface area contributed by atoms with Crippen LogP contribution in [0.3, 0.4) is 0 Å². The number of thioether (sulfide) groups is 1. The fourth-order valence-corrected chi connectivity index (χ4v) is 2.23. The molecule has 0 radical (unpaired) electrons. The van der Waals surface area contributed by atoms with E-state index in [1.54, 1.807) is 12.5 Å². The Kier molecular flexibility index (Phi) is 2.85. The van der Waals surface area contributed by atoms with Gasteiger partial charge in [0.15, 0.2) is 16.8 Å². The molecule has 0 fully saturated rings. The first-order chi connectivity index (χ1) is 8.84. The third-order valence-corrected chi connectivity index (χ3v) is 3.37. The average molecular weight is 263 g/mol. The molecule has 0 spiro atoms. The lowest BCUT2D eigenvalue weighted by Gasteiger charge is -2.00. The number of aromatic nitrogens is 5. The van der Waals surface area contributed by atoms with E-state index in [-0.39, 0.29) is 0 Å². The lowest BCUT2D eigenvalue weighted by atomic mass is 10.3. The lowest BCUT2D eigenvalue weighted by molar-refractivity contribution is 0.412. The summed E-state index contributed by atoms with van der Waals surface area (Å²) < 4.78 is 11.6. The zero-order chi connectivity index (χ0) is 12.4. The summed E-state index contributed by atoms with van der Waals surface area (Å²) in [6.45, 7) is 0. The van der Waals surface area contributed by atoms with Gasteiger partial charge in [-0.2, -0.15) is 4.98 Å². The van der Waals surface area contributed by atoms with Crippen LogP contribution >= 0.6 is 11.8 Å². The number of hydrogen-bond acceptors (Lipinski definition) is 7. The Hall–Kier alpha value is -2.09. The van der Waals surface area contributed by atoms with E-state index in [1.165, 1.54) is 18.2 Å². The van der Waals surface area contributed by atoms with Gasteiger partial charge >= 0.3 is 0 Å². The van der Waals surface area contributed by atoms with Gasteiger partial charge in [0.2, 0.25) is 6.39 Å². The van der Waals surface area contributed by atoms with Crippen molar-refractivity contribution in [1.82, 2.24) is 24.9 Å². The molecule has 8 heteroatoms. The number of rotatable bonds is 4. The van der Waals surface area contributed by atoms with E-state index in [4.69, 9.17) is 4.42 Å². The van der Waals surface area contributed by atoms with Gasteiger partial charge in [0.1, 0.15) is 6.26 Å². The Bertz CT molecular complexity index is 617. The topological polar surface area (TPSA) is 82.8 Å². The molecule has 7 nitrogen and oxygen atoms in total. The molecule has 0 bridgehead atoms. The average Bonchev–Trinajstić information content (AvgIpc) is 3.08. The predicted octanol–water partition coefficient (Wildman–Crippen LogP) is 1.75. The standard InChI is InChI=1S/C10H9N5O2S/c1-15-9(7-2-3-16-4-7)12-13-10(15)18-5-8-11-6-17-14-8/h2-4,6H,5H2,1H3. The quantitative estimate of drug-likeness (QED) is 0.663. The first-order valence-electron chi connectivity index (χ1n) is 5.14. The Balaban J connectivity index is 1.78. The van der Waals surface area contributed by atoms with Crippen molar-refractivity contribution < 1.29 is 8.94 Å². The molecule has 3 rings (SSSR count). The van der Waals surface area contributed by atoms with E-state index >= 15 is 0 Å². The Morgan fingerprint density at radius 3 is 3.06 bits per heavy atom. The minimum atomic E-state index is 0.591. The van der Waals surface area contributed by atoms with Gasteiger partial charge in [-0.3, -0.25) is 0 Å². The monoisotopic (exact) mass is 263 g/mol. The van der Waals surface area contributed by atoms with Crippen LogP contribution < -0.4 is 0 Å². The summed E-state index contributed by atoms with van der Waals surface area (Å²) in [5, 5.41) is 12.8. The molecule has 0 aliphatic carbocycles. The minimum absolute atomic E-state index is 0.591. The van der Waals surface area contributed by atoms with Gasteiger partial charge in [-0.15, -0.1) is 10.2 Å². The van der Waals surface area contributed by atoms with Crippen molar-refractivity contribution in [3.63, 3.8) is 0 Å². The zero-order valence-corrected chi connectivity index (χ0v) is 10.3.